The van der Waals surface area contributed by atoms with Gasteiger partial charge in [0.25, 0.3) is 0 Å². The zero-order valence-electron chi connectivity index (χ0n) is 17.9. The molecule has 0 aliphatic carbocycles. The van der Waals surface area contributed by atoms with Crippen LogP contribution in [-0.2, 0) is 6.54 Å². The van der Waals surface area contributed by atoms with E-state index >= 15 is 0 Å². The quantitative estimate of drug-likeness (QED) is 0.443. The lowest BCUT2D eigenvalue weighted by molar-refractivity contribution is 0.602. The first-order chi connectivity index (χ1) is 16.2. The maximum Gasteiger partial charge on any atom is 0.185 e. The smallest absolute Gasteiger partial charge is 0.185 e. The fourth-order valence-corrected chi connectivity index (χ4v) is 5.25. The van der Waals surface area contributed by atoms with Crippen LogP contribution in [0.4, 0.5) is 5.69 Å². The summed E-state index contributed by atoms with van der Waals surface area (Å²) in [5, 5.41) is 18.4. The molecule has 2 aromatic carbocycles. The van der Waals surface area contributed by atoms with Crippen molar-refractivity contribution in [3.8, 4) is 34.4 Å². The molecule has 0 radical (unpaired) electrons. The fraction of sp³-hybridized carbons (Fsp3) is 0.240. The van der Waals surface area contributed by atoms with E-state index in [2.05, 4.69) is 50.0 Å². The largest absolute Gasteiger partial charge is 0.371 e. The van der Waals surface area contributed by atoms with Gasteiger partial charge in [0.1, 0.15) is 11.5 Å². The summed E-state index contributed by atoms with van der Waals surface area (Å²) in [4.78, 5) is 2.41. The van der Waals surface area contributed by atoms with Gasteiger partial charge in [-0.05, 0) is 66.4 Å². The molecule has 0 spiro atoms. The summed E-state index contributed by atoms with van der Waals surface area (Å²) in [7, 11) is 0. The number of hydrogen-bond acceptors (Lipinski definition) is 5. The van der Waals surface area contributed by atoms with Gasteiger partial charge < -0.3 is 15.2 Å². The lowest BCUT2D eigenvalue weighted by Crippen LogP contribution is -2.22. The van der Waals surface area contributed by atoms with Gasteiger partial charge in [-0.1, -0.05) is 23.7 Å². The van der Waals surface area contributed by atoms with E-state index in [9.17, 15) is 0 Å². The molecular weight excluding hydrogens is 434 g/mol. The van der Waals surface area contributed by atoms with Crippen LogP contribution in [0, 0.1) is 17.2 Å². The van der Waals surface area contributed by atoms with E-state index in [0.29, 0.717) is 23.2 Å². The number of nitrogens with zero attached hydrogens (tertiary/aromatic N) is 6. The Bertz CT molecular complexity index is 1390. The van der Waals surface area contributed by atoms with Crippen LogP contribution in [0.15, 0.2) is 54.9 Å². The number of anilines is 1. The molecule has 2 aliphatic rings. The van der Waals surface area contributed by atoms with Crippen LogP contribution in [0.5, 0.6) is 0 Å². The van der Waals surface area contributed by atoms with E-state index in [1.165, 1.54) is 5.69 Å². The SMILES string of the molecule is N#Cc1ccc(-c2cc3n(c2Cl)Cc2cc(N4CCC(CN)C4)ccc2-n2cnnc2-3)cc1. The topological polar surface area (TPSA) is 88.7 Å². The summed E-state index contributed by atoms with van der Waals surface area (Å²) in [5.74, 6) is 1.31. The Morgan fingerprint density at radius 1 is 1.15 bits per heavy atom. The van der Waals surface area contributed by atoms with E-state index in [-0.39, 0.29) is 0 Å². The lowest BCUT2D eigenvalue weighted by Gasteiger charge is -2.21. The minimum atomic E-state index is 0.550. The minimum Gasteiger partial charge on any atom is -0.371 e. The lowest BCUT2D eigenvalue weighted by atomic mass is 10.1. The number of halogens is 1. The molecule has 6 rings (SSSR count). The van der Waals surface area contributed by atoms with Gasteiger partial charge in [-0.15, -0.1) is 10.2 Å². The fourth-order valence-electron chi connectivity index (χ4n) is 4.94. The molecule has 4 heterocycles. The summed E-state index contributed by atoms with van der Waals surface area (Å²) in [6.07, 6.45) is 2.89. The third-order valence-electron chi connectivity index (χ3n) is 6.77. The van der Waals surface area contributed by atoms with Gasteiger partial charge in [0.05, 0.1) is 29.6 Å². The molecule has 1 atom stereocenters. The van der Waals surface area contributed by atoms with E-state index in [0.717, 1.165) is 60.0 Å². The molecule has 2 aliphatic heterocycles. The summed E-state index contributed by atoms with van der Waals surface area (Å²) in [6, 6.07) is 18.3. The number of fused-ring (bicyclic) bond motifs is 5. The average molecular weight is 456 g/mol. The van der Waals surface area contributed by atoms with Gasteiger partial charge in [0.2, 0.25) is 0 Å². The van der Waals surface area contributed by atoms with Crippen LogP contribution < -0.4 is 10.6 Å². The van der Waals surface area contributed by atoms with Crippen LogP contribution in [0.3, 0.4) is 0 Å². The zero-order valence-corrected chi connectivity index (χ0v) is 18.7. The first-order valence-electron chi connectivity index (χ1n) is 11.0. The van der Waals surface area contributed by atoms with E-state index in [4.69, 9.17) is 22.6 Å². The third kappa shape index (κ3) is 3.22. The Morgan fingerprint density at radius 2 is 2.00 bits per heavy atom. The van der Waals surface area contributed by atoms with Crippen molar-refractivity contribution in [1.82, 2.24) is 19.3 Å². The normalized spacial score (nSPS) is 16.6. The Hall–Kier alpha value is -3.60. The first-order valence-corrected chi connectivity index (χ1v) is 11.4. The Labute approximate surface area is 196 Å². The van der Waals surface area contributed by atoms with Gasteiger partial charge in [-0.25, -0.2) is 0 Å². The summed E-state index contributed by atoms with van der Waals surface area (Å²) >= 11 is 6.94. The predicted octanol–water partition coefficient (Wildman–Crippen LogP) is 4.07. The Kier molecular flexibility index (Phi) is 4.72. The van der Waals surface area contributed by atoms with Crippen LogP contribution in [-0.4, -0.2) is 39.0 Å². The molecule has 8 heteroatoms. The van der Waals surface area contributed by atoms with E-state index in [1.54, 1.807) is 6.33 Å². The maximum atomic E-state index is 9.12. The maximum absolute atomic E-state index is 9.12. The van der Waals surface area contributed by atoms with Gasteiger partial charge >= 0.3 is 0 Å². The molecule has 0 bridgehead atoms. The molecule has 1 unspecified atom stereocenters. The van der Waals surface area contributed by atoms with Gasteiger partial charge in [-0.2, -0.15) is 5.26 Å². The molecule has 2 N–H and O–H groups in total. The van der Waals surface area contributed by atoms with Crippen molar-refractivity contribution >= 4 is 17.3 Å². The van der Waals surface area contributed by atoms with Crippen molar-refractivity contribution in [3.05, 3.63) is 71.1 Å². The predicted molar refractivity (Wildman–Crippen MR) is 128 cm³/mol. The summed E-state index contributed by atoms with van der Waals surface area (Å²) in [6.45, 7) is 3.37. The molecule has 164 valence electrons. The highest BCUT2D eigenvalue weighted by Gasteiger charge is 2.27. The number of hydrogen-bond donors (Lipinski definition) is 1. The van der Waals surface area contributed by atoms with Crippen LogP contribution in [0.25, 0.3) is 28.3 Å². The molecule has 1 fully saturated rings. The Balaban J connectivity index is 1.45. The van der Waals surface area contributed by atoms with Crippen molar-refractivity contribution in [1.29, 1.82) is 5.26 Å². The van der Waals surface area contributed by atoms with Crippen molar-refractivity contribution in [2.45, 2.75) is 13.0 Å². The molecule has 2 aromatic heterocycles. The molecular formula is C25H22ClN7. The highest BCUT2D eigenvalue weighted by molar-refractivity contribution is 6.32. The molecule has 7 nitrogen and oxygen atoms in total. The number of nitrogens with two attached hydrogens (primary N) is 1. The highest BCUT2D eigenvalue weighted by Crippen LogP contribution is 2.40. The first kappa shape index (κ1) is 20.0. The second-order valence-electron chi connectivity index (χ2n) is 8.68. The second kappa shape index (κ2) is 7.77. The highest BCUT2D eigenvalue weighted by atomic mass is 35.5. The van der Waals surface area contributed by atoms with Gasteiger partial charge in [0.15, 0.2) is 5.82 Å². The van der Waals surface area contributed by atoms with Crippen molar-refractivity contribution in [2.24, 2.45) is 11.7 Å². The standard InChI is InChI=1S/C25H22ClN7/c26-24-21(18-3-1-16(11-27)2-4-18)10-23-25-30-29-15-33(25)22-6-5-20(9-19(22)14-32(23)24)31-8-7-17(12-28)13-31/h1-6,9-10,15,17H,7-8,12-14,28H2. The number of nitriles is 1. The molecule has 0 amide bonds. The number of rotatable bonds is 3. The summed E-state index contributed by atoms with van der Waals surface area (Å²) < 4.78 is 4.13. The van der Waals surface area contributed by atoms with E-state index < -0.39 is 0 Å². The minimum absolute atomic E-state index is 0.550. The van der Waals surface area contributed by atoms with E-state index in [1.807, 2.05) is 28.8 Å². The van der Waals surface area contributed by atoms with Gasteiger partial charge in [0, 0.05) is 24.3 Å². The number of benzene rings is 2. The molecule has 33 heavy (non-hydrogen) atoms. The van der Waals surface area contributed by atoms with Crippen molar-refractivity contribution in [2.75, 3.05) is 24.5 Å². The second-order valence-corrected chi connectivity index (χ2v) is 9.04. The number of aromatic nitrogens is 4. The van der Waals surface area contributed by atoms with Crippen LogP contribution in [0.1, 0.15) is 17.5 Å². The monoisotopic (exact) mass is 455 g/mol. The average Bonchev–Trinajstić information content (AvgIpc) is 3.57. The van der Waals surface area contributed by atoms with Crippen LogP contribution >= 0.6 is 11.6 Å². The Morgan fingerprint density at radius 3 is 2.76 bits per heavy atom. The van der Waals surface area contributed by atoms with Crippen molar-refractivity contribution in [3.63, 3.8) is 0 Å². The summed E-state index contributed by atoms with van der Waals surface area (Å²) in [5.41, 5.74) is 12.7. The molecule has 0 saturated carbocycles. The van der Waals surface area contributed by atoms with Gasteiger partial charge in [-0.3, -0.25) is 4.57 Å². The molecule has 4 aromatic rings. The van der Waals surface area contributed by atoms with Crippen molar-refractivity contribution < 1.29 is 0 Å². The zero-order chi connectivity index (χ0) is 22.5. The molecule has 1 saturated heterocycles. The van der Waals surface area contributed by atoms with Crippen LogP contribution in [0.2, 0.25) is 5.15 Å². The third-order valence-corrected chi connectivity index (χ3v) is 7.18.